The largest absolute Gasteiger partial charge is 0.380 e. The highest BCUT2D eigenvalue weighted by Crippen LogP contribution is 2.27. The summed E-state index contributed by atoms with van der Waals surface area (Å²) in [5.74, 6) is 0.901. The first-order valence-electron chi connectivity index (χ1n) is 6.26. The molecular formula is C13H25NO. The lowest BCUT2D eigenvalue weighted by atomic mass is 10.00. The van der Waals surface area contributed by atoms with Gasteiger partial charge < -0.3 is 10.1 Å². The van der Waals surface area contributed by atoms with Gasteiger partial charge in [-0.15, -0.1) is 6.58 Å². The Balaban J connectivity index is 1.92. The highest BCUT2D eigenvalue weighted by atomic mass is 16.5. The molecule has 1 aliphatic rings. The fourth-order valence-corrected chi connectivity index (χ4v) is 2.25. The van der Waals surface area contributed by atoms with Gasteiger partial charge in [-0.3, -0.25) is 0 Å². The minimum absolute atomic E-state index is 0.663. The molecule has 0 saturated heterocycles. The van der Waals surface area contributed by atoms with Gasteiger partial charge in [0.05, 0.1) is 13.2 Å². The molecule has 2 nitrogen and oxygen atoms in total. The summed E-state index contributed by atoms with van der Waals surface area (Å²) in [5.41, 5.74) is 0. The number of rotatable bonds is 8. The van der Waals surface area contributed by atoms with E-state index in [-0.39, 0.29) is 0 Å². The van der Waals surface area contributed by atoms with Crippen molar-refractivity contribution in [2.45, 2.75) is 45.1 Å². The van der Waals surface area contributed by atoms with Crippen molar-refractivity contribution >= 4 is 0 Å². The maximum atomic E-state index is 5.45. The number of hydrogen-bond acceptors (Lipinski definition) is 2. The van der Waals surface area contributed by atoms with Crippen LogP contribution in [0.15, 0.2) is 12.7 Å². The molecule has 0 aliphatic heterocycles. The molecule has 0 aromatic rings. The van der Waals surface area contributed by atoms with Crippen LogP contribution in [0.1, 0.15) is 39.0 Å². The molecule has 0 amide bonds. The van der Waals surface area contributed by atoms with Gasteiger partial charge >= 0.3 is 0 Å². The van der Waals surface area contributed by atoms with Crippen molar-refractivity contribution in [3.05, 3.63) is 12.7 Å². The second-order valence-electron chi connectivity index (χ2n) is 4.48. The summed E-state index contributed by atoms with van der Waals surface area (Å²) in [6.07, 6.45) is 8.52. The summed E-state index contributed by atoms with van der Waals surface area (Å²) in [6.45, 7) is 8.58. The molecule has 1 fully saturated rings. The van der Waals surface area contributed by atoms with Gasteiger partial charge in [-0.1, -0.05) is 18.9 Å². The van der Waals surface area contributed by atoms with E-state index in [0.29, 0.717) is 6.04 Å². The molecule has 1 rings (SSSR count). The van der Waals surface area contributed by atoms with Crippen molar-refractivity contribution in [2.24, 2.45) is 5.92 Å². The minimum Gasteiger partial charge on any atom is -0.380 e. The number of hydrogen-bond donors (Lipinski definition) is 1. The molecule has 15 heavy (non-hydrogen) atoms. The van der Waals surface area contributed by atoms with E-state index in [2.05, 4.69) is 18.8 Å². The SMILES string of the molecule is C=CCCOCCNC(C)C1CCCC1. The second kappa shape index (κ2) is 7.89. The van der Waals surface area contributed by atoms with E-state index < -0.39 is 0 Å². The number of ether oxygens (including phenoxy) is 1. The van der Waals surface area contributed by atoms with Gasteiger partial charge in [0, 0.05) is 12.6 Å². The fraction of sp³-hybridized carbons (Fsp3) is 0.846. The molecule has 0 radical (unpaired) electrons. The van der Waals surface area contributed by atoms with E-state index >= 15 is 0 Å². The lowest BCUT2D eigenvalue weighted by molar-refractivity contribution is 0.136. The zero-order chi connectivity index (χ0) is 10.9. The number of nitrogens with one attached hydrogen (secondary N) is 1. The molecule has 88 valence electrons. The molecule has 0 spiro atoms. The van der Waals surface area contributed by atoms with E-state index in [1.807, 2.05) is 6.08 Å². The highest BCUT2D eigenvalue weighted by molar-refractivity contribution is 4.76. The average molecular weight is 211 g/mol. The Labute approximate surface area is 94.1 Å². The van der Waals surface area contributed by atoms with Crippen LogP contribution < -0.4 is 5.32 Å². The maximum absolute atomic E-state index is 5.45. The normalized spacial score (nSPS) is 19.3. The Bertz CT molecular complexity index is 164. The Hall–Kier alpha value is -0.340. The van der Waals surface area contributed by atoms with Crippen LogP contribution in [0.25, 0.3) is 0 Å². The van der Waals surface area contributed by atoms with Crippen molar-refractivity contribution in [3.8, 4) is 0 Å². The molecule has 0 aromatic carbocycles. The van der Waals surface area contributed by atoms with Crippen LogP contribution in [0.4, 0.5) is 0 Å². The fourth-order valence-electron chi connectivity index (χ4n) is 2.25. The molecule has 1 aliphatic carbocycles. The first-order chi connectivity index (χ1) is 7.34. The lowest BCUT2D eigenvalue weighted by Crippen LogP contribution is -2.34. The van der Waals surface area contributed by atoms with E-state index in [4.69, 9.17) is 4.74 Å². The van der Waals surface area contributed by atoms with Crippen molar-refractivity contribution in [1.29, 1.82) is 0 Å². The summed E-state index contributed by atoms with van der Waals surface area (Å²) in [7, 11) is 0. The van der Waals surface area contributed by atoms with Crippen LogP contribution in [0, 0.1) is 5.92 Å². The van der Waals surface area contributed by atoms with Crippen molar-refractivity contribution in [2.75, 3.05) is 19.8 Å². The van der Waals surface area contributed by atoms with Crippen LogP contribution in [0.3, 0.4) is 0 Å². The summed E-state index contributed by atoms with van der Waals surface area (Å²) in [4.78, 5) is 0. The average Bonchev–Trinajstić information content (AvgIpc) is 2.76. The Morgan fingerprint density at radius 3 is 2.80 bits per heavy atom. The van der Waals surface area contributed by atoms with Gasteiger partial charge in [0.2, 0.25) is 0 Å². The topological polar surface area (TPSA) is 21.3 Å². The Morgan fingerprint density at radius 2 is 2.13 bits per heavy atom. The van der Waals surface area contributed by atoms with Crippen molar-refractivity contribution < 1.29 is 4.74 Å². The molecular weight excluding hydrogens is 186 g/mol. The molecule has 1 N–H and O–H groups in total. The zero-order valence-electron chi connectivity index (χ0n) is 10.0. The van der Waals surface area contributed by atoms with E-state index in [0.717, 1.165) is 32.1 Å². The molecule has 1 saturated carbocycles. The summed E-state index contributed by atoms with van der Waals surface area (Å²) >= 11 is 0. The first-order valence-corrected chi connectivity index (χ1v) is 6.26. The molecule has 2 heteroatoms. The Morgan fingerprint density at radius 1 is 1.40 bits per heavy atom. The van der Waals surface area contributed by atoms with Crippen molar-refractivity contribution in [3.63, 3.8) is 0 Å². The van der Waals surface area contributed by atoms with Crippen LogP contribution >= 0.6 is 0 Å². The summed E-state index contributed by atoms with van der Waals surface area (Å²) < 4.78 is 5.45. The third-order valence-electron chi connectivity index (χ3n) is 3.29. The smallest absolute Gasteiger partial charge is 0.0591 e. The van der Waals surface area contributed by atoms with E-state index in [1.54, 1.807) is 0 Å². The predicted molar refractivity (Wildman–Crippen MR) is 65.1 cm³/mol. The zero-order valence-corrected chi connectivity index (χ0v) is 10.0. The maximum Gasteiger partial charge on any atom is 0.0591 e. The van der Waals surface area contributed by atoms with Gasteiger partial charge in [-0.25, -0.2) is 0 Å². The molecule has 1 unspecified atom stereocenters. The standard InChI is InChI=1S/C13H25NO/c1-3-4-10-15-11-9-14-12(2)13-7-5-6-8-13/h3,12-14H,1,4-11H2,2H3. The van der Waals surface area contributed by atoms with Gasteiger partial charge in [0.1, 0.15) is 0 Å². The predicted octanol–water partition coefficient (Wildman–Crippen LogP) is 2.75. The van der Waals surface area contributed by atoms with Crippen LogP contribution in [-0.4, -0.2) is 25.8 Å². The van der Waals surface area contributed by atoms with E-state index in [1.165, 1.54) is 25.7 Å². The molecule has 0 heterocycles. The third kappa shape index (κ3) is 5.33. The van der Waals surface area contributed by atoms with Crippen LogP contribution in [0.2, 0.25) is 0 Å². The monoisotopic (exact) mass is 211 g/mol. The minimum atomic E-state index is 0.663. The van der Waals surface area contributed by atoms with Gasteiger partial charge in [0.25, 0.3) is 0 Å². The quantitative estimate of drug-likeness (QED) is 0.492. The lowest BCUT2D eigenvalue weighted by Gasteiger charge is -2.20. The summed E-state index contributed by atoms with van der Waals surface area (Å²) in [6, 6.07) is 0.663. The van der Waals surface area contributed by atoms with Crippen molar-refractivity contribution in [1.82, 2.24) is 5.32 Å². The molecule has 0 aromatic heterocycles. The molecule has 0 bridgehead atoms. The van der Waals surface area contributed by atoms with Gasteiger partial charge in [0.15, 0.2) is 0 Å². The van der Waals surface area contributed by atoms with Gasteiger partial charge in [-0.2, -0.15) is 0 Å². The third-order valence-corrected chi connectivity index (χ3v) is 3.29. The molecule has 1 atom stereocenters. The van der Waals surface area contributed by atoms with Crippen LogP contribution in [0.5, 0.6) is 0 Å². The highest BCUT2D eigenvalue weighted by Gasteiger charge is 2.20. The first kappa shape index (κ1) is 12.7. The van der Waals surface area contributed by atoms with E-state index in [9.17, 15) is 0 Å². The second-order valence-corrected chi connectivity index (χ2v) is 4.48. The van der Waals surface area contributed by atoms with Gasteiger partial charge in [-0.05, 0) is 32.1 Å². The Kier molecular flexibility index (Phi) is 6.69. The van der Waals surface area contributed by atoms with Crippen LogP contribution in [-0.2, 0) is 4.74 Å². The summed E-state index contributed by atoms with van der Waals surface area (Å²) in [5, 5.41) is 3.55.